The molecule has 0 radical (unpaired) electrons. The van der Waals surface area contributed by atoms with E-state index in [1.165, 1.54) is 10.8 Å². The molecule has 0 spiro atoms. The third-order valence-corrected chi connectivity index (χ3v) is 11.6. The molecule has 4 heteroatoms. The van der Waals surface area contributed by atoms with Crippen LogP contribution in [-0.4, -0.2) is 4.57 Å². The summed E-state index contributed by atoms with van der Waals surface area (Å²) in [7, 11) is 0. The number of para-hydroxylation sites is 7. The molecule has 0 unspecified atom stereocenters. The summed E-state index contributed by atoms with van der Waals surface area (Å²) in [6, 6.07) is 73.2. The summed E-state index contributed by atoms with van der Waals surface area (Å²) in [6.07, 6.45) is 0. The Bertz CT molecular complexity index is 3390. The molecule has 11 aromatic rings. The van der Waals surface area contributed by atoms with Gasteiger partial charge in [-0.1, -0.05) is 146 Å². The molecule has 0 amide bonds. The van der Waals surface area contributed by atoms with Crippen LogP contribution in [0.2, 0.25) is 0 Å². The lowest BCUT2D eigenvalue weighted by Gasteiger charge is -2.30. The number of fused-ring (bicyclic) bond motifs is 8. The molecular formula is C54H34N2O2. The lowest BCUT2D eigenvalue weighted by Crippen LogP contribution is -2.12. The maximum atomic E-state index is 6.63. The number of ether oxygens (including phenoxy) is 1. The monoisotopic (exact) mass is 742 g/mol. The summed E-state index contributed by atoms with van der Waals surface area (Å²) in [5, 5.41) is 4.59. The van der Waals surface area contributed by atoms with E-state index >= 15 is 0 Å². The van der Waals surface area contributed by atoms with E-state index in [1.54, 1.807) is 0 Å². The molecule has 0 N–H and O–H groups in total. The topological polar surface area (TPSA) is 30.5 Å². The fraction of sp³-hybridized carbons (Fsp3) is 0. The molecule has 1 aliphatic rings. The van der Waals surface area contributed by atoms with Gasteiger partial charge in [-0.05, 0) is 77.4 Å². The van der Waals surface area contributed by atoms with Crippen LogP contribution in [0.15, 0.2) is 211 Å². The van der Waals surface area contributed by atoms with Crippen LogP contribution in [0.1, 0.15) is 0 Å². The molecule has 0 aliphatic carbocycles. The lowest BCUT2D eigenvalue weighted by molar-refractivity contribution is 0.476. The van der Waals surface area contributed by atoms with Crippen LogP contribution in [0.5, 0.6) is 11.5 Å². The number of hydrogen-bond acceptors (Lipinski definition) is 3. The molecular weight excluding hydrogens is 709 g/mol. The first-order valence-corrected chi connectivity index (χ1v) is 19.7. The van der Waals surface area contributed by atoms with Crippen LogP contribution in [0.4, 0.5) is 17.1 Å². The Morgan fingerprint density at radius 3 is 1.95 bits per heavy atom. The highest BCUT2D eigenvalue weighted by atomic mass is 16.5. The van der Waals surface area contributed by atoms with Crippen molar-refractivity contribution in [3.05, 3.63) is 206 Å². The van der Waals surface area contributed by atoms with Gasteiger partial charge in [0.25, 0.3) is 0 Å². The van der Waals surface area contributed by atoms with Crippen LogP contribution in [0.3, 0.4) is 0 Å². The summed E-state index contributed by atoms with van der Waals surface area (Å²) in [4.78, 5) is 2.41. The number of furan rings is 1. The average molecular weight is 743 g/mol. The van der Waals surface area contributed by atoms with Crippen LogP contribution in [0, 0.1) is 0 Å². The van der Waals surface area contributed by atoms with Crippen LogP contribution < -0.4 is 9.64 Å². The largest absolute Gasteiger partial charge is 0.455 e. The normalized spacial score (nSPS) is 11.9. The van der Waals surface area contributed by atoms with Crippen molar-refractivity contribution in [3.63, 3.8) is 0 Å². The smallest absolute Gasteiger partial charge is 0.152 e. The van der Waals surface area contributed by atoms with E-state index in [2.05, 4.69) is 191 Å². The van der Waals surface area contributed by atoms with Gasteiger partial charge in [0.2, 0.25) is 0 Å². The summed E-state index contributed by atoms with van der Waals surface area (Å²) < 4.78 is 15.4. The molecule has 0 saturated carbocycles. The van der Waals surface area contributed by atoms with Gasteiger partial charge in [0.15, 0.2) is 11.5 Å². The fourth-order valence-corrected chi connectivity index (χ4v) is 9.01. The number of benzene rings is 9. The Morgan fingerprint density at radius 2 is 1.03 bits per heavy atom. The first kappa shape index (κ1) is 32.4. The Labute approximate surface area is 335 Å². The Balaban J connectivity index is 1.07. The van der Waals surface area contributed by atoms with Gasteiger partial charge in [0.1, 0.15) is 11.2 Å². The molecule has 1 aliphatic heterocycles. The van der Waals surface area contributed by atoms with Gasteiger partial charge in [-0.2, -0.15) is 0 Å². The van der Waals surface area contributed by atoms with Crippen LogP contribution in [-0.2, 0) is 0 Å². The Morgan fingerprint density at radius 1 is 0.397 bits per heavy atom. The highest BCUT2D eigenvalue weighted by Gasteiger charge is 2.25. The number of aromatic nitrogens is 1. The van der Waals surface area contributed by atoms with E-state index in [0.29, 0.717) is 0 Å². The number of anilines is 3. The molecule has 12 rings (SSSR count). The van der Waals surface area contributed by atoms with E-state index in [-0.39, 0.29) is 0 Å². The predicted molar refractivity (Wildman–Crippen MR) is 239 cm³/mol. The molecule has 0 bridgehead atoms. The maximum Gasteiger partial charge on any atom is 0.152 e. The first-order chi connectivity index (χ1) is 28.8. The number of rotatable bonds is 6. The second-order valence-corrected chi connectivity index (χ2v) is 14.9. The lowest BCUT2D eigenvalue weighted by atomic mass is 9.97. The fourth-order valence-electron chi connectivity index (χ4n) is 9.01. The van der Waals surface area contributed by atoms with Gasteiger partial charge in [0.05, 0.1) is 28.1 Å². The zero-order valence-corrected chi connectivity index (χ0v) is 31.3. The maximum absolute atomic E-state index is 6.63. The quantitative estimate of drug-likeness (QED) is 0.170. The van der Waals surface area contributed by atoms with Crippen molar-refractivity contribution < 1.29 is 9.15 Å². The van der Waals surface area contributed by atoms with E-state index in [9.17, 15) is 0 Å². The van der Waals surface area contributed by atoms with Crippen molar-refractivity contribution in [3.8, 4) is 50.6 Å². The van der Waals surface area contributed by atoms with Crippen molar-refractivity contribution in [2.45, 2.75) is 0 Å². The molecule has 0 atom stereocenters. The van der Waals surface area contributed by atoms with E-state index in [1.807, 2.05) is 24.3 Å². The van der Waals surface area contributed by atoms with Crippen LogP contribution in [0.25, 0.3) is 82.8 Å². The molecule has 9 aromatic carbocycles. The summed E-state index contributed by atoms with van der Waals surface area (Å²) >= 11 is 0. The predicted octanol–water partition coefficient (Wildman–Crippen LogP) is 15.3. The third-order valence-electron chi connectivity index (χ3n) is 11.6. The second-order valence-electron chi connectivity index (χ2n) is 14.9. The molecule has 3 heterocycles. The van der Waals surface area contributed by atoms with Gasteiger partial charge in [-0.15, -0.1) is 0 Å². The van der Waals surface area contributed by atoms with Gasteiger partial charge in [-0.3, -0.25) is 0 Å². The average Bonchev–Trinajstić information content (AvgIpc) is 3.84. The zero-order chi connectivity index (χ0) is 38.2. The minimum Gasteiger partial charge on any atom is -0.455 e. The van der Waals surface area contributed by atoms with Crippen molar-refractivity contribution in [2.24, 2.45) is 0 Å². The Kier molecular flexibility index (Phi) is 7.20. The molecule has 0 fully saturated rings. The molecule has 0 saturated heterocycles. The summed E-state index contributed by atoms with van der Waals surface area (Å²) in [5.74, 6) is 1.74. The summed E-state index contributed by atoms with van der Waals surface area (Å²) in [6.45, 7) is 0. The molecule has 4 nitrogen and oxygen atoms in total. The second kappa shape index (κ2) is 12.9. The molecule has 272 valence electrons. The van der Waals surface area contributed by atoms with Crippen molar-refractivity contribution in [2.75, 3.05) is 4.90 Å². The highest BCUT2D eigenvalue weighted by molar-refractivity contribution is 6.14. The minimum atomic E-state index is 0.865. The molecule has 2 aromatic heterocycles. The van der Waals surface area contributed by atoms with E-state index in [0.717, 1.165) is 101 Å². The van der Waals surface area contributed by atoms with Crippen molar-refractivity contribution in [1.29, 1.82) is 0 Å². The third kappa shape index (κ3) is 4.95. The molecule has 58 heavy (non-hydrogen) atoms. The van der Waals surface area contributed by atoms with Gasteiger partial charge < -0.3 is 18.6 Å². The van der Waals surface area contributed by atoms with E-state index in [4.69, 9.17) is 9.15 Å². The standard InChI is InChI=1S/C54H34N2O2/c1-2-15-35(16-3-1)39-19-4-7-25-46(39)55(47-26-8-5-20-40(47)43-23-13-24-44-41-21-6-10-28-50(41)58-54(43)44)38-18-12-17-36(33-38)37-31-32-48-45(34-37)42-22-14-30-52-53(42)56(48)49-27-9-11-29-51(49)57-52/h1-34H. The van der Waals surface area contributed by atoms with Gasteiger partial charge in [-0.25, -0.2) is 0 Å². The van der Waals surface area contributed by atoms with Crippen molar-refractivity contribution >= 4 is 60.8 Å². The zero-order valence-electron chi connectivity index (χ0n) is 31.3. The highest BCUT2D eigenvalue weighted by Crippen LogP contribution is 2.49. The van der Waals surface area contributed by atoms with Gasteiger partial charge in [0, 0.05) is 43.9 Å². The van der Waals surface area contributed by atoms with Gasteiger partial charge >= 0.3 is 0 Å². The summed E-state index contributed by atoms with van der Waals surface area (Å²) in [5.41, 5.74) is 15.0. The van der Waals surface area contributed by atoms with Crippen LogP contribution >= 0.6 is 0 Å². The first-order valence-electron chi connectivity index (χ1n) is 19.7. The minimum absolute atomic E-state index is 0.865. The SMILES string of the molecule is c1ccc(-c2ccccc2N(c2cccc(-c3ccc4c(c3)c3cccc5c3n4-c3ccccc3O5)c2)c2ccccc2-c2cccc3c2oc2ccccc23)cc1. The van der Waals surface area contributed by atoms with Crippen molar-refractivity contribution in [1.82, 2.24) is 4.57 Å². The number of nitrogens with zero attached hydrogens (tertiary/aromatic N) is 2. The Hall–Kier alpha value is -7.82. The number of hydrogen-bond donors (Lipinski definition) is 0. The van der Waals surface area contributed by atoms with E-state index < -0.39 is 0 Å².